The van der Waals surface area contributed by atoms with Crippen LogP contribution in [0.5, 0.6) is 5.75 Å². The van der Waals surface area contributed by atoms with Gasteiger partial charge in [-0.2, -0.15) is 0 Å². The molecule has 0 bridgehead atoms. The van der Waals surface area contributed by atoms with Crippen molar-refractivity contribution in [3.63, 3.8) is 0 Å². The number of nitrogens with one attached hydrogen (secondary N) is 2. The summed E-state index contributed by atoms with van der Waals surface area (Å²) in [6, 6.07) is 10.4. The summed E-state index contributed by atoms with van der Waals surface area (Å²) in [4.78, 5) is 29.6. The summed E-state index contributed by atoms with van der Waals surface area (Å²) >= 11 is 0. The second kappa shape index (κ2) is 10.2. The average molecular weight is 503 g/mol. The van der Waals surface area contributed by atoms with E-state index in [0.717, 1.165) is 67.3 Å². The van der Waals surface area contributed by atoms with Gasteiger partial charge in [0, 0.05) is 67.0 Å². The van der Waals surface area contributed by atoms with Gasteiger partial charge in [-0.15, -0.1) is 0 Å². The van der Waals surface area contributed by atoms with Crippen molar-refractivity contribution in [1.82, 2.24) is 25.2 Å². The number of rotatable bonds is 5. The molecule has 1 atom stereocenters. The number of aromatic amines is 1. The summed E-state index contributed by atoms with van der Waals surface area (Å²) in [5.41, 5.74) is 2.93. The van der Waals surface area contributed by atoms with Crippen LogP contribution in [0.2, 0.25) is 0 Å². The van der Waals surface area contributed by atoms with Gasteiger partial charge in [0.2, 0.25) is 0 Å². The summed E-state index contributed by atoms with van der Waals surface area (Å²) in [6.07, 6.45) is 9.34. The van der Waals surface area contributed by atoms with Gasteiger partial charge in [-0.3, -0.25) is 4.98 Å². The fourth-order valence-electron chi connectivity index (χ4n) is 5.56. The van der Waals surface area contributed by atoms with Crippen LogP contribution in [0.15, 0.2) is 55.0 Å². The molecule has 2 saturated heterocycles. The van der Waals surface area contributed by atoms with Crippen molar-refractivity contribution in [2.45, 2.75) is 31.7 Å². The van der Waals surface area contributed by atoms with Gasteiger partial charge in [-0.1, -0.05) is 0 Å². The number of hydrogen-bond acceptors (Lipinski definition) is 5. The molecule has 37 heavy (non-hydrogen) atoms. The number of carbonyl (C=O) groups is 1. The van der Waals surface area contributed by atoms with E-state index in [1.807, 2.05) is 23.5 Å². The minimum atomic E-state index is -0.275. The largest absolute Gasteiger partial charge is 0.493 e. The maximum atomic E-state index is 13.1. The molecule has 5 heterocycles. The summed E-state index contributed by atoms with van der Waals surface area (Å²) < 4.78 is 19.0. The first kappa shape index (κ1) is 23.5. The number of ether oxygens (including phenoxy) is 1. The first-order chi connectivity index (χ1) is 18.1. The predicted molar refractivity (Wildman–Crippen MR) is 141 cm³/mol. The van der Waals surface area contributed by atoms with E-state index in [-0.39, 0.29) is 23.8 Å². The highest BCUT2D eigenvalue weighted by atomic mass is 19.1. The Hall–Kier alpha value is -3.88. The van der Waals surface area contributed by atoms with Crippen molar-refractivity contribution < 1.29 is 13.9 Å². The van der Waals surface area contributed by atoms with Gasteiger partial charge in [0.1, 0.15) is 17.2 Å². The number of amides is 2. The van der Waals surface area contributed by atoms with Crippen LogP contribution in [-0.2, 0) is 0 Å². The molecule has 6 rings (SSSR count). The smallest absolute Gasteiger partial charge is 0.317 e. The van der Waals surface area contributed by atoms with E-state index in [4.69, 9.17) is 4.74 Å². The molecule has 3 aromatic heterocycles. The second-order valence-electron chi connectivity index (χ2n) is 10.0. The fourth-order valence-corrected chi connectivity index (χ4v) is 5.56. The van der Waals surface area contributed by atoms with Crippen LogP contribution in [0.1, 0.15) is 25.7 Å². The SMILES string of the molecule is O=C(NC1CCN(c2ccnc3cnc4[nH]ccc4c23)CC1)N1CCCC(COc2ccc(F)cc2)C1. The summed E-state index contributed by atoms with van der Waals surface area (Å²) in [5.74, 6) is 0.652. The normalized spacial score (nSPS) is 18.9. The van der Waals surface area contributed by atoms with Crippen molar-refractivity contribution in [2.24, 2.45) is 5.92 Å². The highest BCUT2D eigenvalue weighted by Gasteiger charge is 2.28. The van der Waals surface area contributed by atoms with E-state index in [1.165, 1.54) is 17.8 Å². The molecular formula is C28H31FN6O2. The number of fused-ring (bicyclic) bond motifs is 3. The van der Waals surface area contributed by atoms with Crippen LogP contribution in [0, 0.1) is 11.7 Å². The highest BCUT2D eigenvalue weighted by molar-refractivity contribution is 6.09. The minimum absolute atomic E-state index is 0.0133. The van der Waals surface area contributed by atoms with Crippen LogP contribution >= 0.6 is 0 Å². The van der Waals surface area contributed by atoms with Gasteiger partial charge in [0.25, 0.3) is 0 Å². The van der Waals surface area contributed by atoms with E-state index >= 15 is 0 Å². The quantitative estimate of drug-likeness (QED) is 0.413. The molecule has 0 radical (unpaired) electrons. The molecule has 2 amide bonds. The van der Waals surface area contributed by atoms with Crippen LogP contribution in [0.25, 0.3) is 21.9 Å². The van der Waals surface area contributed by atoms with E-state index < -0.39 is 0 Å². The number of halogens is 1. The predicted octanol–water partition coefficient (Wildman–Crippen LogP) is 4.72. The zero-order valence-electron chi connectivity index (χ0n) is 20.7. The topological polar surface area (TPSA) is 86.4 Å². The molecule has 9 heteroatoms. The number of H-pyrrole nitrogens is 1. The number of pyridine rings is 2. The van der Waals surface area contributed by atoms with E-state index in [9.17, 15) is 9.18 Å². The van der Waals surface area contributed by atoms with Gasteiger partial charge in [0.05, 0.1) is 18.3 Å². The Morgan fingerprint density at radius 2 is 1.92 bits per heavy atom. The zero-order valence-corrected chi connectivity index (χ0v) is 20.7. The Morgan fingerprint density at radius 1 is 1.08 bits per heavy atom. The molecular weight excluding hydrogens is 471 g/mol. The molecule has 2 aliphatic heterocycles. The molecule has 2 fully saturated rings. The number of carbonyl (C=O) groups excluding carboxylic acids is 1. The third kappa shape index (κ3) is 5.03. The number of piperidine rings is 2. The van der Waals surface area contributed by atoms with Crippen LogP contribution in [0.3, 0.4) is 0 Å². The summed E-state index contributed by atoms with van der Waals surface area (Å²) in [6.45, 7) is 3.70. The molecule has 4 aromatic rings. The second-order valence-corrected chi connectivity index (χ2v) is 10.0. The van der Waals surface area contributed by atoms with Crippen LogP contribution in [0.4, 0.5) is 14.9 Å². The van der Waals surface area contributed by atoms with Gasteiger partial charge < -0.3 is 24.8 Å². The maximum Gasteiger partial charge on any atom is 0.317 e. The van der Waals surface area contributed by atoms with E-state index in [1.54, 1.807) is 12.1 Å². The van der Waals surface area contributed by atoms with E-state index in [0.29, 0.717) is 18.9 Å². The van der Waals surface area contributed by atoms with Crippen molar-refractivity contribution >= 4 is 33.7 Å². The van der Waals surface area contributed by atoms with Crippen molar-refractivity contribution in [3.05, 3.63) is 60.8 Å². The molecule has 0 saturated carbocycles. The maximum absolute atomic E-state index is 13.1. The highest BCUT2D eigenvalue weighted by Crippen LogP contribution is 2.32. The fraction of sp³-hybridized carbons (Fsp3) is 0.393. The first-order valence-corrected chi connectivity index (χ1v) is 13.0. The lowest BCUT2D eigenvalue weighted by Crippen LogP contribution is -2.52. The Kier molecular flexibility index (Phi) is 6.51. The molecule has 192 valence electrons. The molecule has 8 nitrogen and oxygen atoms in total. The Labute approximate surface area is 214 Å². The molecule has 1 unspecified atom stereocenters. The number of likely N-dealkylation sites (tertiary alicyclic amines) is 1. The lowest BCUT2D eigenvalue weighted by Gasteiger charge is -2.37. The van der Waals surface area contributed by atoms with Crippen LogP contribution in [-0.4, -0.2) is 64.7 Å². The first-order valence-electron chi connectivity index (χ1n) is 13.0. The standard InChI is InChI=1S/C28H31FN6O2/c29-20-3-5-22(6-4-20)37-18-19-2-1-13-35(17-19)28(36)33-21-9-14-34(15-10-21)25-8-12-30-24-16-32-27-23(26(24)25)7-11-31-27/h3-8,11-12,16,19,21H,1-2,9-10,13-15,17-18H2,(H,31,32)(H,33,36). The molecule has 0 spiro atoms. The monoisotopic (exact) mass is 502 g/mol. The van der Waals surface area contributed by atoms with Crippen molar-refractivity contribution in [1.29, 1.82) is 0 Å². The zero-order chi connectivity index (χ0) is 25.2. The molecule has 1 aromatic carbocycles. The van der Waals surface area contributed by atoms with Gasteiger partial charge in [-0.25, -0.2) is 14.2 Å². The van der Waals surface area contributed by atoms with Crippen molar-refractivity contribution in [3.8, 4) is 5.75 Å². The van der Waals surface area contributed by atoms with Gasteiger partial charge in [-0.05, 0) is 62.1 Å². The number of benzene rings is 1. The number of urea groups is 1. The molecule has 2 N–H and O–H groups in total. The summed E-state index contributed by atoms with van der Waals surface area (Å²) in [7, 11) is 0. The summed E-state index contributed by atoms with van der Waals surface area (Å²) in [5, 5.41) is 5.48. The number of aromatic nitrogens is 3. The number of nitrogens with zero attached hydrogens (tertiary/aromatic N) is 4. The number of hydrogen-bond donors (Lipinski definition) is 2. The van der Waals surface area contributed by atoms with E-state index in [2.05, 4.69) is 37.3 Å². The average Bonchev–Trinajstić information content (AvgIpc) is 3.42. The molecule has 2 aliphatic rings. The molecule has 0 aliphatic carbocycles. The Bertz CT molecular complexity index is 1380. The number of anilines is 1. The van der Waals surface area contributed by atoms with Crippen molar-refractivity contribution in [2.75, 3.05) is 37.7 Å². The Balaban J connectivity index is 1.03. The minimum Gasteiger partial charge on any atom is -0.493 e. The third-order valence-corrected chi connectivity index (χ3v) is 7.54. The van der Waals surface area contributed by atoms with Gasteiger partial charge >= 0.3 is 6.03 Å². The third-order valence-electron chi connectivity index (χ3n) is 7.54. The lowest BCUT2D eigenvalue weighted by atomic mass is 9.99. The lowest BCUT2D eigenvalue weighted by molar-refractivity contribution is 0.134. The van der Waals surface area contributed by atoms with Gasteiger partial charge in [0.15, 0.2) is 0 Å². The van der Waals surface area contributed by atoms with Crippen LogP contribution < -0.4 is 15.0 Å². The Morgan fingerprint density at radius 3 is 2.76 bits per heavy atom.